The van der Waals surface area contributed by atoms with Crippen molar-refractivity contribution in [3.8, 4) is 5.75 Å². The molecular formula is C15H20N4O2. The highest BCUT2D eigenvalue weighted by molar-refractivity contribution is 5.36. The standard InChI is InChI=1S/C15H20N4O2/c1-15(2,3)12-13(20)17-14(19-18-12)16-9-10-7-5-6-8-11(10)21-4/h5-8H,9H2,1-4H3,(H2,16,17,19,20). The lowest BCUT2D eigenvalue weighted by atomic mass is 9.93. The average Bonchev–Trinajstić information content (AvgIpc) is 2.44. The second-order valence-electron chi connectivity index (χ2n) is 5.77. The molecule has 0 radical (unpaired) electrons. The Labute approximate surface area is 123 Å². The molecule has 21 heavy (non-hydrogen) atoms. The molecule has 1 aromatic heterocycles. The normalized spacial score (nSPS) is 11.2. The number of anilines is 1. The summed E-state index contributed by atoms with van der Waals surface area (Å²) in [6.45, 7) is 6.26. The molecule has 2 rings (SSSR count). The summed E-state index contributed by atoms with van der Waals surface area (Å²) in [5.74, 6) is 1.13. The summed E-state index contributed by atoms with van der Waals surface area (Å²) < 4.78 is 5.27. The van der Waals surface area contributed by atoms with Crippen molar-refractivity contribution in [2.45, 2.75) is 32.7 Å². The van der Waals surface area contributed by atoms with Gasteiger partial charge in [-0.25, -0.2) is 0 Å². The van der Waals surface area contributed by atoms with E-state index in [1.807, 2.05) is 45.0 Å². The number of hydrogen-bond acceptors (Lipinski definition) is 5. The van der Waals surface area contributed by atoms with E-state index in [1.165, 1.54) is 0 Å². The second kappa shape index (κ2) is 5.95. The molecule has 0 fully saturated rings. The number of nitrogens with one attached hydrogen (secondary N) is 2. The summed E-state index contributed by atoms with van der Waals surface area (Å²) in [5, 5.41) is 11.1. The minimum absolute atomic E-state index is 0.222. The van der Waals surface area contributed by atoms with Crippen molar-refractivity contribution in [1.82, 2.24) is 15.2 Å². The third-order valence-corrected chi connectivity index (χ3v) is 3.05. The molecule has 0 aliphatic heterocycles. The molecule has 1 heterocycles. The molecule has 0 saturated heterocycles. The van der Waals surface area contributed by atoms with Crippen LogP contribution >= 0.6 is 0 Å². The molecule has 0 unspecified atom stereocenters. The summed E-state index contributed by atoms with van der Waals surface area (Å²) in [7, 11) is 1.62. The summed E-state index contributed by atoms with van der Waals surface area (Å²) in [5.41, 5.74) is 0.842. The van der Waals surface area contributed by atoms with Crippen LogP contribution in [0.15, 0.2) is 29.1 Å². The number of para-hydroxylation sites is 1. The van der Waals surface area contributed by atoms with Crippen molar-refractivity contribution in [3.05, 3.63) is 45.9 Å². The second-order valence-corrected chi connectivity index (χ2v) is 5.77. The Bertz CT molecular complexity index is 674. The molecule has 0 aliphatic rings. The maximum absolute atomic E-state index is 12.0. The largest absolute Gasteiger partial charge is 0.496 e. The van der Waals surface area contributed by atoms with Crippen molar-refractivity contribution in [2.75, 3.05) is 12.4 Å². The zero-order valence-electron chi connectivity index (χ0n) is 12.7. The Kier molecular flexibility index (Phi) is 4.26. The molecule has 1 aromatic carbocycles. The summed E-state index contributed by atoms with van der Waals surface area (Å²) in [6, 6.07) is 7.66. The van der Waals surface area contributed by atoms with Crippen molar-refractivity contribution in [3.63, 3.8) is 0 Å². The summed E-state index contributed by atoms with van der Waals surface area (Å²) >= 11 is 0. The zero-order valence-corrected chi connectivity index (χ0v) is 12.7. The molecule has 0 aliphatic carbocycles. The van der Waals surface area contributed by atoms with E-state index in [2.05, 4.69) is 20.5 Å². The van der Waals surface area contributed by atoms with Gasteiger partial charge in [-0.2, -0.15) is 0 Å². The number of ether oxygens (including phenoxy) is 1. The van der Waals surface area contributed by atoms with Crippen LogP contribution in [-0.4, -0.2) is 22.3 Å². The average molecular weight is 288 g/mol. The van der Waals surface area contributed by atoms with E-state index in [9.17, 15) is 4.79 Å². The van der Waals surface area contributed by atoms with Gasteiger partial charge in [0.2, 0.25) is 5.95 Å². The first-order valence-electron chi connectivity index (χ1n) is 6.75. The van der Waals surface area contributed by atoms with Gasteiger partial charge in [-0.1, -0.05) is 39.0 Å². The number of aromatic nitrogens is 3. The van der Waals surface area contributed by atoms with Crippen LogP contribution in [0, 0.1) is 0 Å². The van der Waals surface area contributed by atoms with Crippen LogP contribution in [0.3, 0.4) is 0 Å². The molecule has 0 amide bonds. The van der Waals surface area contributed by atoms with Crippen molar-refractivity contribution in [2.24, 2.45) is 0 Å². The van der Waals surface area contributed by atoms with E-state index >= 15 is 0 Å². The minimum Gasteiger partial charge on any atom is -0.496 e. The first-order valence-corrected chi connectivity index (χ1v) is 6.75. The molecule has 2 N–H and O–H groups in total. The molecule has 0 saturated carbocycles. The number of hydrogen-bond donors (Lipinski definition) is 2. The Morgan fingerprint density at radius 3 is 2.57 bits per heavy atom. The van der Waals surface area contributed by atoms with Crippen LogP contribution in [0.4, 0.5) is 5.95 Å². The third kappa shape index (κ3) is 3.59. The highest BCUT2D eigenvalue weighted by Crippen LogP contribution is 2.18. The summed E-state index contributed by atoms with van der Waals surface area (Å²) in [4.78, 5) is 14.7. The van der Waals surface area contributed by atoms with Gasteiger partial charge in [0.15, 0.2) is 0 Å². The minimum atomic E-state index is -0.332. The number of methoxy groups -OCH3 is 1. The molecule has 112 valence electrons. The summed E-state index contributed by atoms with van der Waals surface area (Å²) in [6.07, 6.45) is 0. The lowest BCUT2D eigenvalue weighted by molar-refractivity contribution is 0.410. The lowest BCUT2D eigenvalue weighted by Gasteiger charge is -2.15. The molecule has 0 atom stereocenters. The molecule has 6 heteroatoms. The van der Waals surface area contributed by atoms with Crippen molar-refractivity contribution < 1.29 is 4.74 Å². The fourth-order valence-electron chi connectivity index (χ4n) is 1.94. The van der Waals surface area contributed by atoms with E-state index in [-0.39, 0.29) is 11.0 Å². The van der Waals surface area contributed by atoms with Gasteiger partial charge < -0.3 is 10.1 Å². The molecule has 0 spiro atoms. The SMILES string of the molecule is COc1ccccc1CNc1nnc(C(C)(C)C)c(=O)[nH]1. The van der Waals surface area contributed by atoms with Gasteiger partial charge >= 0.3 is 0 Å². The lowest BCUT2D eigenvalue weighted by Crippen LogP contribution is -2.28. The predicted molar refractivity (Wildman–Crippen MR) is 81.7 cm³/mol. The Morgan fingerprint density at radius 2 is 1.95 bits per heavy atom. The van der Waals surface area contributed by atoms with Crippen LogP contribution in [0.5, 0.6) is 5.75 Å². The van der Waals surface area contributed by atoms with Gasteiger partial charge in [0.05, 0.1) is 7.11 Å². The molecule has 0 bridgehead atoms. The van der Waals surface area contributed by atoms with Gasteiger partial charge in [0.1, 0.15) is 11.4 Å². The molecule has 6 nitrogen and oxygen atoms in total. The van der Waals surface area contributed by atoms with Gasteiger partial charge in [-0.05, 0) is 6.07 Å². The zero-order chi connectivity index (χ0) is 15.5. The van der Waals surface area contributed by atoms with E-state index in [1.54, 1.807) is 7.11 Å². The topological polar surface area (TPSA) is 79.9 Å². The molecule has 2 aromatic rings. The van der Waals surface area contributed by atoms with E-state index < -0.39 is 0 Å². The predicted octanol–water partition coefficient (Wildman–Crippen LogP) is 2.08. The smallest absolute Gasteiger partial charge is 0.274 e. The van der Waals surface area contributed by atoms with Crippen LogP contribution in [-0.2, 0) is 12.0 Å². The van der Waals surface area contributed by atoms with Crippen molar-refractivity contribution in [1.29, 1.82) is 0 Å². The maximum atomic E-state index is 12.0. The highest BCUT2D eigenvalue weighted by atomic mass is 16.5. The molecular weight excluding hydrogens is 268 g/mol. The van der Waals surface area contributed by atoms with Crippen LogP contribution < -0.4 is 15.6 Å². The van der Waals surface area contributed by atoms with Crippen molar-refractivity contribution >= 4 is 5.95 Å². The number of rotatable bonds is 4. The fourth-order valence-corrected chi connectivity index (χ4v) is 1.94. The van der Waals surface area contributed by atoms with Gasteiger partial charge in [-0.15, -0.1) is 10.2 Å². The van der Waals surface area contributed by atoms with Crippen LogP contribution in [0.25, 0.3) is 0 Å². The Morgan fingerprint density at radius 1 is 1.24 bits per heavy atom. The number of nitrogens with zero attached hydrogens (tertiary/aromatic N) is 2. The van der Waals surface area contributed by atoms with Gasteiger partial charge in [-0.3, -0.25) is 9.78 Å². The van der Waals surface area contributed by atoms with E-state index in [4.69, 9.17) is 4.74 Å². The fraction of sp³-hybridized carbons (Fsp3) is 0.400. The number of benzene rings is 1. The Balaban J connectivity index is 2.15. The first kappa shape index (κ1) is 15.0. The van der Waals surface area contributed by atoms with E-state index in [0.717, 1.165) is 11.3 Å². The number of H-pyrrole nitrogens is 1. The number of aromatic amines is 1. The van der Waals surface area contributed by atoms with Gasteiger partial charge in [0.25, 0.3) is 5.56 Å². The quantitative estimate of drug-likeness (QED) is 0.900. The monoisotopic (exact) mass is 288 g/mol. The first-order chi connectivity index (χ1) is 9.91. The van der Waals surface area contributed by atoms with E-state index in [0.29, 0.717) is 18.2 Å². The third-order valence-electron chi connectivity index (χ3n) is 3.05. The van der Waals surface area contributed by atoms with Gasteiger partial charge in [0, 0.05) is 17.5 Å². The Hall–Kier alpha value is -2.37. The van der Waals surface area contributed by atoms with Crippen LogP contribution in [0.1, 0.15) is 32.0 Å². The highest BCUT2D eigenvalue weighted by Gasteiger charge is 2.20. The maximum Gasteiger partial charge on any atom is 0.274 e. The van der Waals surface area contributed by atoms with Crippen LogP contribution in [0.2, 0.25) is 0 Å².